The summed E-state index contributed by atoms with van der Waals surface area (Å²) < 4.78 is 0. The van der Waals surface area contributed by atoms with Crippen molar-refractivity contribution in [3.8, 4) is 6.07 Å². The van der Waals surface area contributed by atoms with Gasteiger partial charge in [0.15, 0.2) is 0 Å². The van der Waals surface area contributed by atoms with E-state index in [0.717, 1.165) is 17.4 Å². The van der Waals surface area contributed by atoms with Crippen LogP contribution in [0.15, 0.2) is 24.3 Å². The molecule has 1 rings (SSSR count). The van der Waals surface area contributed by atoms with Crippen molar-refractivity contribution in [3.05, 3.63) is 41.0 Å². The van der Waals surface area contributed by atoms with Crippen molar-refractivity contribution >= 4 is 12.4 Å². The standard InChI is InChI=1S/C11H9NO/c1-9-5-10(3-2-4-12)7-11(6-9)8-13/h2-3,5-8H,1H3. The van der Waals surface area contributed by atoms with Crippen LogP contribution in [0.25, 0.3) is 6.08 Å². The first-order valence-corrected chi connectivity index (χ1v) is 3.89. The summed E-state index contributed by atoms with van der Waals surface area (Å²) >= 11 is 0. The lowest BCUT2D eigenvalue weighted by Crippen LogP contribution is -1.83. The van der Waals surface area contributed by atoms with Crippen LogP contribution in [0, 0.1) is 18.3 Å². The molecule has 0 radical (unpaired) electrons. The topological polar surface area (TPSA) is 40.9 Å². The number of nitrogens with zero attached hydrogens (tertiary/aromatic N) is 1. The van der Waals surface area contributed by atoms with Gasteiger partial charge in [-0.05, 0) is 36.3 Å². The normalized spacial score (nSPS) is 9.85. The number of hydrogen-bond donors (Lipinski definition) is 0. The SMILES string of the molecule is Cc1cc(C=O)cc(C=CC#N)c1. The summed E-state index contributed by atoms with van der Waals surface area (Å²) in [5.74, 6) is 0. The molecule has 0 heterocycles. The van der Waals surface area contributed by atoms with E-state index >= 15 is 0 Å². The highest BCUT2D eigenvalue weighted by Gasteiger charge is 1.94. The van der Waals surface area contributed by atoms with Gasteiger partial charge in [-0.15, -0.1) is 0 Å². The second kappa shape index (κ2) is 4.22. The van der Waals surface area contributed by atoms with Crippen LogP contribution < -0.4 is 0 Å². The van der Waals surface area contributed by atoms with Crippen LogP contribution in [0.2, 0.25) is 0 Å². The Morgan fingerprint density at radius 2 is 2.00 bits per heavy atom. The molecule has 0 N–H and O–H groups in total. The Kier molecular flexibility index (Phi) is 2.99. The molecule has 0 fully saturated rings. The molecule has 13 heavy (non-hydrogen) atoms. The molecular weight excluding hydrogens is 162 g/mol. The van der Waals surface area contributed by atoms with Crippen LogP contribution in [-0.2, 0) is 0 Å². The van der Waals surface area contributed by atoms with E-state index in [0.29, 0.717) is 5.56 Å². The van der Waals surface area contributed by atoms with Gasteiger partial charge in [-0.1, -0.05) is 6.07 Å². The minimum atomic E-state index is 0.637. The van der Waals surface area contributed by atoms with Crippen molar-refractivity contribution < 1.29 is 4.79 Å². The molecule has 0 saturated carbocycles. The number of allylic oxidation sites excluding steroid dienone is 1. The lowest BCUT2D eigenvalue weighted by atomic mass is 10.1. The van der Waals surface area contributed by atoms with Gasteiger partial charge in [-0.25, -0.2) is 0 Å². The van der Waals surface area contributed by atoms with E-state index < -0.39 is 0 Å². The van der Waals surface area contributed by atoms with Crippen LogP contribution in [0.1, 0.15) is 21.5 Å². The zero-order chi connectivity index (χ0) is 9.68. The number of benzene rings is 1. The van der Waals surface area contributed by atoms with Gasteiger partial charge in [-0.2, -0.15) is 5.26 Å². The van der Waals surface area contributed by atoms with Gasteiger partial charge in [0, 0.05) is 11.6 Å². The van der Waals surface area contributed by atoms with E-state index in [2.05, 4.69) is 0 Å². The summed E-state index contributed by atoms with van der Waals surface area (Å²) in [6, 6.07) is 7.37. The fourth-order valence-electron chi connectivity index (χ4n) is 1.14. The summed E-state index contributed by atoms with van der Waals surface area (Å²) in [7, 11) is 0. The molecule has 0 spiro atoms. The van der Waals surface area contributed by atoms with E-state index in [1.807, 2.05) is 19.1 Å². The lowest BCUT2D eigenvalue weighted by Gasteiger charge is -1.97. The third kappa shape index (κ3) is 2.57. The third-order valence-electron chi connectivity index (χ3n) is 1.61. The third-order valence-corrected chi connectivity index (χ3v) is 1.61. The van der Waals surface area contributed by atoms with Crippen LogP contribution in [0.5, 0.6) is 0 Å². The molecule has 0 aliphatic carbocycles. The van der Waals surface area contributed by atoms with Crippen LogP contribution in [-0.4, -0.2) is 6.29 Å². The van der Waals surface area contributed by atoms with Crippen LogP contribution >= 0.6 is 0 Å². The number of aldehydes is 1. The number of hydrogen-bond acceptors (Lipinski definition) is 2. The molecule has 2 heteroatoms. The largest absolute Gasteiger partial charge is 0.298 e. The van der Waals surface area contributed by atoms with Gasteiger partial charge >= 0.3 is 0 Å². The smallest absolute Gasteiger partial charge is 0.150 e. The van der Waals surface area contributed by atoms with Gasteiger partial charge in [-0.3, -0.25) is 4.79 Å². The van der Waals surface area contributed by atoms with E-state index in [1.165, 1.54) is 6.08 Å². The molecule has 0 aliphatic heterocycles. The number of nitriles is 1. The van der Waals surface area contributed by atoms with E-state index in [9.17, 15) is 4.79 Å². The first kappa shape index (κ1) is 9.21. The zero-order valence-electron chi connectivity index (χ0n) is 7.32. The first-order chi connectivity index (χ1) is 6.26. The number of rotatable bonds is 2. The zero-order valence-corrected chi connectivity index (χ0v) is 7.32. The molecule has 0 bridgehead atoms. The molecule has 2 nitrogen and oxygen atoms in total. The fraction of sp³-hybridized carbons (Fsp3) is 0.0909. The number of carbonyl (C=O) groups excluding carboxylic acids is 1. The second-order valence-electron chi connectivity index (χ2n) is 2.76. The van der Waals surface area contributed by atoms with Crippen molar-refractivity contribution in [1.29, 1.82) is 5.26 Å². The molecule has 1 aromatic rings. The summed E-state index contributed by atoms with van der Waals surface area (Å²) in [6.07, 6.45) is 3.88. The van der Waals surface area contributed by atoms with Gasteiger partial charge in [0.05, 0.1) is 6.07 Å². The molecule has 0 atom stereocenters. The highest BCUT2D eigenvalue weighted by atomic mass is 16.1. The molecular formula is C11H9NO. The number of carbonyl (C=O) groups is 1. The maximum Gasteiger partial charge on any atom is 0.150 e. The van der Waals surface area contributed by atoms with Crippen molar-refractivity contribution in [2.75, 3.05) is 0 Å². The lowest BCUT2D eigenvalue weighted by molar-refractivity contribution is 0.112. The highest BCUT2D eigenvalue weighted by molar-refractivity contribution is 5.77. The van der Waals surface area contributed by atoms with Crippen LogP contribution in [0.3, 0.4) is 0 Å². The van der Waals surface area contributed by atoms with Gasteiger partial charge in [0.25, 0.3) is 0 Å². The quantitative estimate of drug-likeness (QED) is 0.506. The van der Waals surface area contributed by atoms with Crippen molar-refractivity contribution in [2.45, 2.75) is 6.92 Å². The summed E-state index contributed by atoms with van der Waals surface area (Å²) in [5.41, 5.74) is 2.53. The minimum Gasteiger partial charge on any atom is -0.298 e. The molecule has 1 aromatic carbocycles. The molecule has 0 saturated heterocycles. The minimum absolute atomic E-state index is 0.637. The maximum absolute atomic E-state index is 10.5. The molecule has 0 aliphatic rings. The van der Waals surface area contributed by atoms with E-state index in [-0.39, 0.29) is 0 Å². The van der Waals surface area contributed by atoms with Crippen molar-refractivity contribution in [1.82, 2.24) is 0 Å². The van der Waals surface area contributed by atoms with Crippen LogP contribution in [0.4, 0.5) is 0 Å². The predicted octanol–water partition coefficient (Wildman–Crippen LogP) is 2.34. The molecule has 0 aromatic heterocycles. The molecule has 0 amide bonds. The summed E-state index contributed by atoms with van der Waals surface area (Å²) in [5, 5.41) is 8.32. The Morgan fingerprint density at radius 3 is 2.62 bits per heavy atom. The average Bonchev–Trinajstić information content (AvgIpc) is 2.14. The summed E-state index contributed by atoms with van der Waals surface area (Å²) in [6.45, 7) is 1.91. The molecule has 64 valence electrons. The Hall–Kier alpha value is -1.88. The Morgan fingerprint density at radius 1 is 1.31 bits per heavy atom. The van der Waals surface area contributed by atoms with E-state index in [4.69, 9.17) is 5.26 Å². The maximum atomic E-state index is 10.5. The van der Waals surface area contributed by atoms with Gasteiger partial charge in [0.1, 0.15) is 6.29 Å². The summed E-state index contributed by atoms with van der Waals surface area (Å²) in [4.78, 5) is 10.5. The second-order valence-corrected chi connectivity index (χ2v) is 2.76. The van der Waals surface area contributed by atoms with Crippen molar-refractivity contribution in [3.63, 3.8) is 0 Å². The first-order valence-electron chi connectivity index (χ1n) is 3.89. The predicted molar refractivity (Wildman–Crippen MR) is 51.2 cm³/mol. The Labute approximate surface area is 77.1 Å². The Balaban J connectivity index is 3.09. The fourth-order valence-corrected chi connectivity index (χ4v) is 1.14. The van der Waals surface area contributed by atoms with Gasteiger partial charge in [0.2, 0.25) is 0 Å². The highest BCUT2D eigenvalue weighted by Crippen LogP contribution is 2.09. The van der Waals surface area contributed by atoms with E-state index in [1.54, 1.807) is 18.2 Å². The van der Waals surface area contributed by atoms with Gasteiger partial charge < -0.3 is 0 Å². The number of aryl methyl sites for hydroxylation is 1. The average molecular weight is 171 g/mol. The van der Waals surface area contributed by atoms with Crippen molar-refractivity contribution in [2.24, 2.45) is 0 Å². The monoisotopic (exact) mass is 171 g/mol. The molecule has 0 unspecified atom stereocenters. The Bertz CT molecular complexity index is 386.